The molecule has 0 radical (unpaired) electrons. The zero-order valence-corrected chi connectivity index (χ0v) is 8.73. The molecule has 76 valence electrons. The van der Waals surface area contributed by atoms with Crippen molar-refractivity contribution in [2.45, 2.75) is 51.4 Å². The van der Waals surface area contributed by atoms with Crippen LogP contribution in [0.25, 0.3) is 0 Å². The van der Waals surface area contributed by atoms with Crippen LogP contribution in [-0.2, 0) is 0 Å². The maximum absolute atomic E-state index is 3.58. The van der Waals surface area contributed by atoms with E-state index in [4.69, 9.17) is 0 Å². The van der Waals surface area contributed by atoms with Gasteiger partial charge in [0.15, 0.2) is 0 Å². The molecule has 0 aromatic carbocycles. The molecule has 0 spiro atoms. The van der Waals surface area contributed by atoms with Crippen molar-refractivity contribution in [1.82, 2.24) is 5.32 Å². The predicted molar refractivity (Wildman–Crippen MR) is 56.8 cm³/mol. The average molecular weight is 181 g/mol. The van der Waals surface area contributed by atoms with Gasteiger partial charge in [-0.15, -0.1) is 0 Å². The summed E-state index contributed by atoms with van der Waals surface area (Å²) >= 11 is 0. The highest BCUT2D eigenvalue weighted by atomic mass is 14.9. The van der Waals surface area contributed by atoms with E-state index < -0.39 is 0 Å². The molecule has 0 amide bonds. The zero-order valence-electron chi connectivity index (χ0n) is 8.73. The van der Waals surface area contributed by atoms with Crippen molar-refractivity contribution in [3.8, 4) is 0 Å². The van der Waals surface area contributed by atoms with Crippen molar-refractivity contribution >= 4 is 0 Å². The first-order valence-corrected chi connectivity index (χ1v) is 6.16. The van der Waals surface area contributed by atoms with Crippen molar-refractivity contribution in [2.24, 2.45) is 11.8 Å². The Hall–Kier alpha value is -0.0400. The van der Waals surface area contributed by atoms with Crippen LogP contribution in [0.4, 0.5) is 0 Å². The molecule has 1 saturated heterocycles. The molecule has 1 saturated carbocycles. The Bertz CT molecular complexity index is 132. The quantitative estimate of drug-likeness (QED) is 0.706. The summed E-state index contributed by atoms with van der Waals surface area (Å²) in [6.45, 7) is 2.56. The van der Waals surface area contributed by atoms with E-state index in [0.29, 0.717) is 0 Å². The van der Waals surface area contributed by atoms with Crippen molar-refractivity contribution in [3.05, 3.63) is 0 Å². The Kier molecular flexibility index (Phi) is 3.65. The molecule has 2 fully saturated rings. The van der Waals surface area contributed by atoms with Gasteiger partial charge < -0.3 is 5.32 Å². The second-order valence-electron chi connectivity index (χ2n) is 4.94. The summed E-state index contributed by atoms with van der Waals surface area (Å²) in [6, 6.07) is 0. The van der Waals surface area contributed by atoms with Gasteiger partial charge in [-0.2, -0.15) is 0 Å². The molecule has 0 aromatic rings. The first-order chi connectivity index (χ1) is 6.45. The molecule has 1 nitrogen and oxygen atoms in total. The molecular formula is C12H23N. The molecule has 0 bridgehead atoms. The fraction of sp³-hybridized carbons (Fsp3) is 1.00. The standard InChI is InChI=1S/C12H23N/c1-2-4-12(10-13-9-3-1)8-7-11-5-6-11/h11-13H,1-10H2. The van der Waals surface area contributed by atoms with Gasteiger partial charge in [0.2, 0.25) is 0 Å². The third kappa shape index (κ3) is 3.68. The van der Waals surface area contributed by atoms with Gasteiger partial charge in [0.05, 0.1) is 0 Å². The van der Waals surface area contributed by atoms with E-state index in [1.165, 1.54) is 64.5 Å². The third-order valence-electron chi connectivity index (χ3n) is 3.58. The van der Waals surface area contributed by atoms with Crippen molar-refractivity contribution < 1.29 is 0 Å². The first kappa shape index (κ1) is 9.51. The second-order valence-corrected chi connectivity index (χ2v) is 4.94. The highest BCUT2D eigenvalue weighted by Crippen LogP contribution is 2.35. The maximum Gasteiger partial charge on any atom is -0.00205 e. The molecule has 0 aromatic heterocycles. The fourth-order valence-corrected chi connectivity index (χ4v) is 2.39. The van der Waals surface area contributed by atoms with Crippen LogP contribution in [-0.4, -0.2) is 13.1 Å². The van der Waals surface area contributed by atoms with Gasteiger partial charge in [0.25, 0.3) is 0 Å². The van der Waals surface area contributed by atoms with Crippen LogP contribution in [0.5, 0.6) is 0 Å². The zero-order chi connectivity index (χ0) is 8.93. The van der Waals surface area contributed by atoms with E-state index >= 15 is 0 Å². The molecule has 1 N–H and O–H groups in total. The SMILES string of the molecule is C1CCNCC(CCC2CC2)CC1. The molecule has 1 atom stereocenters. The third-order valence-corrected chi connectivity index (χ3v) is 3.58. The lowest BCUT2D eigenvalue weighted by atomic mass is 9.93. The van der Waals surface area contributed by atoms with Gasteiger partial charge in [-0.1, -0.05) is 32.1 Å². The van der Waals surface area contributed by atoms with Crippen LogP contribution in [0, 0.1) is 11.8 Å². The normalized spacial score (nSPS) is 30.9. The van der Waals surface area contributed by atoms with Crippen LogP contribution < -0.4 is 5.32 Å². The Morgan fingerprint density at radius 3 is 2.54 bits per heavy atom. The molecule has 2 rings (SSSR count). The Morgan fingerprint density at radius 1 is 0.846 bits per heavy atom. The molecule has 2 aliphatic rings. The molecule has 1 aliphatic carbocycles. The lowest BCUT2D eigenvalue weighted by Crippen LogP contribution is -2.26. The minimum absolute atomic E-state index is 1.00. The van der Waals surface area contributed by atoms with E-state index in [2.05, 4.69) is 5.32 Å². The summed E-state index contributed by atoms with van der Waals surface area (Å²) in [5.74, 6) is 2.13. The van der Waals surface area contributed by atoms with Crippen molar-refractivity contribution in [3.63, 3.8) is 0 Å². The summed E-state index contributed by atoms with van der Waals surface area (Å²) in [6.07, 6.45) is 11.9. The Morgan fingerprint density at radius 2 is 1.69 bits per heavy atom. The van der Waals surface area contributed by atoms with Gasteiger partial charge >= 0.3 is 0 Å². The minimum atomic E-state index is 1.00. The topological polar surface area (TPSA) is 12.0 Å². The van der Waals surface area contributed by atoms with Gasteiger partial charge in [0.1, 0.15) is 0 Å². The lowest BCUT2D eigenvalue weighted by Gasteiger charge is -2.20. The molecule has 1 unspecified atom stereocenters. The second kappa shape index (κ2) is 4.99. The number of hydrogen-bond donors (Lipinski definition) is 1. The summed E-state index contributed by atoms with van der Waals surface area (Å²) in [5.41, 5.74) is 0. The van der Waals surface area contributed by atoms with Crippen LogP contribution in [0.2, 0.25) is 0 Å². The Labute approximate surface area is 82.3 Å². The highest BCUT2D eigenvalue weighted by molar-refractivity contribution is 4.75. The maximum atomic E-state index is 3.58. The summed E-state index contributed by atoms with van der Waals surface area (Å²) in [5, 5.41) is 3.58. The molecule has 1 aliphatic heterocycles. The van der Waals surface area contributed by atoms with Crippen LogP contribution in [0.1, 0.15) is 51.4 Å². The summed E-state index contributed by atoms with van der Waals surface area (Å²) in [4.78, 5) is 0. The fourth-order valence-electron chi connectivity index (χ4n) is 2.39. The lowest BCUT2D eigenvalue weighted by molar-refractivity contribution is 0.361. The molecule has 1 heteroatoms. The molecule has 13 heavy (non-hydrogen) atoms. The van der Waals surface area contributed by atoms with Gasteiger partial charge in [-0.25, -0.2) is 0 Å². The van der Waals surface area contributed by atoms with Gasteiger partial charge in [-0.05, 0) is 44.2 Å². The summed E-state index contributed by atoms with van der Waals surface area (Å²) in [7, 11) is 0. The minimum Gasteiger partial charge on any atom is -0.316 e. The van der Waals surface area contributed by atoms with Crippen LogP contribution >= 0.6 is 0 Å². The van der Waals surface area contributed by atoms with E-state index in [-0.39, 0.29) is 0 Å². The predicted octanol–water partition coefficient (Wildman–Crippen LogP) is 2.96. The van der Waals surface area contributed by atoms with Crippen molar-refractivity contribution in [1.29, 1.82) is 0 Å². The smallest absolute Gasteiger partial charge is 0.00205 e. The van der Waals surface area contributed by atoms with Gasteiger partial charge in [-0.3, -0.25) is 0 Å². The van der Waals surface area contributed by atoms with Gasteiger partial charge in [0, 0.05) is 0 Å². The van der Waals surface area contributed by atoms with E-state index in [9.17, 15) is 0 Å². The molecule has 1 heterocycles. The summed E-state index contributed by atoms with van der Waals surface area (Å²) < 4.78 is 0. The Balaban J connectivity index is 1.62. The number of hydrogen-bond acceptors (Lipinski definition) is 1. The van der Waals surface area contributed by atoms with Crippen LogP contribution in [0.15, 0.2) is 0 Å². The highest BCUT2D eigenvalue weighted by Gasteiger charge is 2.22. The molecular weight excluding hydrogens is 158 g/mol. The van der Waals surface area contributed by atoms with E-state index in [1.54, 1.807) is 0 Å². The van der Waals surface area contributed by atoms with Crippen LogP contribution in [0.3, 0.4) is 0 Å². The largest absolute Gasteiger partial charge is 0.316 e. The van der Waals surface area contributed by atoms with E-state index in [1.807, 2.05) is 0 Å². The van der Waals surface area contributed by atoms with Crippen molar-refractivity contribution in [2.75, 3.05) is 13.1 Å². The first-order valence-electron chi connectivity index (χ1n) is 6.16. The number of nitrogens with one attached hydrogen (secondary N) is 1. The average Bonchev–Trinajstić information content (AvgIpc) is 2.85. The monoisotopic (exact) mass is 181 g/mol. The van der Waals surface area contributed by atoms with E-state index in [0.717, 1.165) is 11.8 Å². The number of rotatable bonds is 3.